The topological polar surface area (TPSA) is 34.2 Å². The number of benzene rings is 1. The molecular weight excluding hydrogens is 298 g/mol. The van der Waals surface area contributed by atoms with Crippen LogP contribution in [0.5, 0.6) is 5.75 Å². The van der Waals surface area contributed by atoms with Crippen LogP contribution in [0.1, 0.15) is 24.2 Å². The van der Waals surface area contributed by atoms with Gasteiger partial charge in [-0.3, -0.25) is 0 Å². The predicted octanol–water partition coefficient (Wildman–Crippen LogP) is 4.82. The molecule has 0 aliphatic carbocycles. The standard InChI is InChI=1S/C15H15ClF2N2O/c1-9(19-13-6-7-14(16)20-10(13)2)11-4-3-5-12(8-11)21-15(17)18/h3-9,15,19H,1-2H3. The molecule has 112 valence electrons. The Kier molecular flexibility index (Phi) is 4.96. The number of ether oxygens (including phenoxy) is 1. The van der Waals surface area contributed by atoms with Crippen LogP contribution in [0.15, 0.2) is 36.4 Å². The molecule has 1 aromatic heterocycles. The van der Waals surface area contributed by atoms with E-state index in [2.05, 4.69) is 15.0 Å². The van der Waals surface area contributed by atoms with Crippen LogP contribution in [0.25, 0.3) is 0 Å². The van der Waals surface area contributed by atoms with Gasteiger partial charge in [0.15, 0.2) is 0 Å². The second-order valence-electron chi connectivity index (χ2n) is 4.58. The zero-order chi connectivity index (χ0) is 15.4. The number of nitrogens with zero attached hydrogens (tertiary/aromatic N) is 1. The van der Waals surface area contributed by atoms with Gasteiger partial charge in [-0.2, -0.15) is 8.78 Å². The molecule has 0 bridgehead atoms. The molecule has 1 N–H and O–H groups in total. The number of aryl methyl sites for hydroxylation is 1. The first-order chi connectivity index (χ1) is 9.95. The van der Waals surface area contributed by atoms with Crippen molar-refractivity contribution in [1.82, 2.24) is 4.98 Å². The van der Waals surface area contributed by atoms with Crippen molar-refractivity contribution in [1.29, 1.82) is 0 Å². The van der Waals surface area contributed by atoms with Crippen LogP contribution in [0, 0.1) is 6.92 Å². The molecule has 1 unspecified atom stereocenters. The second kappa shape index (κ2) is 6.72. The Hall–Kier alpha value is -1.88. The molecule has 0 spiro atoms. The molecule has 0 radical (unpaired) electrons. The van der Waals surface area contributed by atoms with E-state index in [4.69, 9.17) is 11.6 Å². The number of pyridine rings is 1. The molecule has 1 aromatic carbocycles. The molecule has 2 aromatic rings. The Morgan fingerprint density at radius 3 is 2.67 bits per heavy atom. The number of anilines is 1. The normalized spacial score (nSPS) is 12.3. The van der Waals surface area contributed by atoms with Gasteiger partial charge in [0.05, 0.1) is 11.4 Å². The van der Waals surface area contributed by atoms with E-state index in [0.717, 1.165) is 16.9 Å². The SMILES string of the molecule is Cc1nc(Cl)ccc1NC(C)c1cccc(OC(F)F)c1. The lowest BCUT2D eigenvalue weighted by Crippen LogP contribution is -2.09. The maximum Gasteiger partial charge on any atom is 0.387 e. The van der Waals surface area contributed by atoms with Gasteiger partial charge in [0, 0.05) is 6.04 Å². The number of hydrogen-bond donors (Lipinski definition) is 1. The molecule has 0 aliphatic heterocycles. The summed E-state index contributed by atoms with van der Waals surface area (Å²) in [4.78, 5) is 4.16. The van der Waals surface area contributed by atoms with Crippen LogP contribution < -0.4 is 10.1 Å². The zero-order valence-electron chi connectivity index (χ0n) is 11.6. The average Bonchev–Trinajstić information content (AvgIpc) is 2.41. The van der Waals surface area contributed by atoms with Crippen LogP contribution in [-0.4, -0.2) is 11.6 Å². The van der Waals surface area contributed by atoms with Gasteiger partial charge in [0.1, 0.15) is 10.9 Å². The highest BCUT2D eigenvalue weighted by molar-refractivity contribution is 6.29. The maximum absolute atomic E-state index is 12.2. The average molecular weight is 313 g/mol. The van der Waals surface area contributed by atoms with Gasteiger partial charge in [-0.15, -0.1) is 0 Å². The lowest BCUT2D eigenvalue weighted by Gasteiger charge is -2.18. The molecule has 0 aliphatic rings. The number of halogens is 3. The Balaban J connectivity index is 2.14. The van der Waals surface area contributed by atoms with Crippen molar-refractivity contribution >= 4 is 17.3 Å². The van der Waals surface area contributed by atoms with E-state index in [9.17, 15) is 8.78 Å². The highest BCUT2D eigenvalue weighted by atomic mass is 35.5. The van der Waals surface area contributed by atoms with Crippen LogP contribution in [-0.2, 0) is 0 Å². The summed E-state index contributed by atoms with van der Waals surface area (Å²) in [6, 6.07) is 10.0. The van der Waals surface area contributed by atoms with Crippen LogP contribution in [0.3, 0.4) is 0 Å². The van der Waals surface area contributed by atoms with Crippen molar-refractivity contribution in [2.75, 3.05) is 5.32 Å². The number of alkyl halides is 2. The molecule has 1 atom stereocenters. The van der Waals surface area contributed by atoms with Crippen LogP contribution in [0.4, 0.5) is 14.5 Å². The Labute approximate surface area is 126 Å². The van der Waals surface area contributed by atoms with Crippen molar-refractivity contribution in [2.24, 2.45) is 0 Å². The quantitative estimate of drug-likeness (QED) is 0.804. The third-order valence-electron chi connectivity index (χ3n) is 3.01. The summed E-state index contributed by atoms with van der Waals surface area (Å²) >= 11 is 5.81. The molecule has 2 rings (SSSR count). The number of hydrogen-bond acceptors (Lipinski definition) is 3. The largest absolute Gasteiger partial charge is 0.435 e. The summed E-state index contributed by atoms with van der Waals surface area (Å²) in [5.74, 6) is 0.141. The molecule has 0 amide bonds. The molecule has 0 fully saturated rings. The number of rotatable bonds is 5. The van der Waals surface area contributed by atoms with Gasteiger partial charge in [-0.1, -0.05) is 23.7 Å². The fourth-order valence-electron chi connectivity index (χ4n) is 1.96. The lowest BCUT2D eigenvalue weighted by atomic mass is 10.1. The predicted molar refractivity (Wildman–Crippen MR) is 79.1 cm³/mol. The monoisotopic (exact) mass is 312 g/mol. The van der Waals surface area contributed by atoms with Crippen LogP contribution in [0.2, 0.25) is 5.15 Å². The van der Waals surface area contributed by atoms with E-state index in [0.29, 0.717) is 5.15 Å². The van der Waals surface area contributed by atoms with Crippen molar-refractivity contribution in [3.63, 3.8) is 0 Å². The minimum Gasteiger partial charge on any atom is -0.435 e. The first-order valence-electron chi connectivity index (χ1n) is 6.40. The molecule has 3 nitrogen and oxygen atoms in total. The van der Waals surface area contributed by atoms with Crippen molar-refractivity contribution < 1.29 is 13.5 Å². The minimum absolute atomic E-state index is 0.0899. The summed E-state index contributed by atoms with van der Waals surface area (Å²) in [5, 5.41) is 3.70. The molecule has 0 saturated heterocycles. The summed E-state index contributed by atoms with van der Waals surface area (Å²) in [6.45, 7) is 0.943. The van der Waals surface area contributed by atoms with Gasteiger partial charge >= 0.3 is 6.61 Å². The molecular formula is C15H15ClF2N2O. The van der Waals surface area contributed by atoms with E-state index < -0.39 is 6.61 Å². The first-order valence-corrected chi connectivity index (χ1v) is 6.78. The molecule has 1 heterocycles. The zero-order valence-corrected chi connectivity index (χ0v) is 12.4. The highest BCUT2D eigenvalue weighted by Gasteiger charge is 2.10. The Morgan fingerprint density at radius 2 is 2.00 bits per heavy atom. The van der Waals surface area contributed by atoms with Gasteiger partial charge in [-0.05, 0) is 43.7 Å². The van der Waals surface area contributed by atoms with Gasteiger partial charge in [-0.25, -0.2) is 4.98 Å². The third-order valence-corrected chi connectivity index (χ3v) is 3.22. The smallest absolute Gasteiger partial charge is 0.387 e. The van der Waals surface area contributed by atoms with E-state index >= 15 is 0 Å². The van der Waals surface area contributed by atoms with Crippen molar-refractivity contribution in [2.45, 2.75) is 26.5 Å². The molecule has 21 heavy (non-hydrogen) atoms. The lowest BCUT2D eigenvalue weighted by molar-refractivity contribution is -0.0498. The van der Waals surface area contributed by atoms with Gasteiger partial charge in [0.25, 0.3) is 0 Å². The summed E-state index contributed by atoms with van der Waals surface area (Å²) < 4.78 is 28.9. The third kappa shape index (κ3) is 4.29. The van der Waals surface area contributed by atoms with Crippen molar-refractivity contribution in [3.8, 4) is 5.75 Å². The fourth-order valence-corrected chi connectivity index (χ4v) is 2.15. The van der Waals surface area contributed by atoms with E-state index in [-0.39, 0.29) is 11.8 Å². The van der Waals surface area contributed by atoms with E-state index in [1.54, 1.807) is 18.2 Å². The van der Waals surface area contributed by atoms with Gasteiger partial charge < -0.3 is 10.1 Å². The molecule has 6 heteroatoms. The van der Waals surface area contributed by atoms with Gasteiger partial charge in [0.2, 0.25) is 0 Å². The fraction of sp³-hybridized carbons (Fsp3) is 0.267. The Morgan fingerprint density at radius 1 is 1.24 bits per heavy atom. The number of nitrogens with one attached hydrogen (secondary N) is 1. The highest BCUT2D eigenvalue weighted by Crippen LogP contribution is 2.25. The summed E-state index contributed by atoms with van der Waals surface area (Å²) in [6.07, 6.45) is 0. The van der Waals surface area contributed by atoms with E-state index in [1.165, 1.54) is 6.07 Å². The minimum atomic E-state index is -2.83. The number of aromatic nitrogens is 1. The second-order valence-corrected chi connectivity index (χ2v) is 4.97. The van der Waals surface area contributed by atoms with Crippen LogP contribution >= 0.6 is 11.6 Å². The first kappa shape index (κ1) is 15.5. The van der Waals surface area contributed by atoms with E-state index in [1.807, 2.05) is 26.0 Å². The molecule has 0 saturated carbocycles. The summed E-state index contributed by atoms with van der Waals surface area (Å²) in [5.41, 5.74) is 2.45. The maximum atomic E-state index is 12.2. The Bertz CT molecular complexity index is 622. The summed E-state index contributed by atoms with van der Waals surface area (Å²) in [7, 11) is 0. The van der Waals surface area contributed by atoms with Crippen molar-refractivity contribution in [3.05, 3.63) is 52.8 Å².